The van der Waals surface area contributed by atoms with Crippen molar-refractivity contribution < 1.29 is 37.3 Å². The van der Waals surface area contributed by atoms with Crippen molar-refractivity contribution in [2.45, 2.75) is 25.8 Å². The molecule has 0 unspecified atom stereocenters. The van der Waals surface area contributed by atoms with Crippen LogP contribution in [0.15, 0.2) is 23.9 Å². The van der Waals surface area contributed by atoms with Crippen molar-refractivity contribution >= 4 is 29.2 Å². The molecule has 0 amide bonds. The van der Waals surface area contributed by atoms with Crippen LogP contribution in [0.25, 0.3) is 0 Å². The molecule has 10 heteroatoms. The normalized spacial score (nSPS) is 17.2. The lowest BCUT2D eigenvalue weighted by atomic mass is 10.1. The molecule has 1 aromatic rings. The number of phenols is 1. The van der Waals surface area contributed by atoms with Crippen LogP contribution in [-0.2, 0) is 25.2 Å². The Morgan fingerprint density at radius 2 is 1.75 bits per heavy atom. The largest absolute Gasteiger partial charge is 0.506 e. The zero-order chi connectivity index (χ0) is 18.3. The second-order valence-electron chi connectivity index (χ2n) is 5.23. The second-order valence-corrected chi connectivity index (χ2v) is 5.64. The molecule has 0 atom stereocenters. The molecule has 0 radical (unpaired) electrons. The minimum Gasteiger partial charge on any atom is -0.506 e. The predicted molar refractivity (Wildman–Crippen MR) is 76.1 cm³/mol. The molecule has 0 aromatic heterocycles. The summed E-state index contributed by atoms with van der Waals surface area (Å²) in [6, 6.07) is 1.04. The molecular weight excluding hydrogens is 355 g/mol. The first-order chi connectivity index (χ1) is 10.9. The molecule has 2 N–H and O–H groups in total. The fourth-order valence-corrected chi connectivity index (χ4v) is 2.09. The van der Waals surface area contributed by atoms with Gasteiger partial charge in [-0.05, 0) is 12.1 Å². The van der Waals surface area contributed by atoms with E-state index in [1.54, 1.807) is 0 Å². The third-order valence-electron chi connectivity index (χ3n) is 2.87. The molecule has 1 heterocycles. The smallest absolute Gasteiger partial charge is 0.416 e. The van der Waals surface area contributed by atoms with Gasteiger partial charge in [-0.3, -0.25) is 0 Å². The van der Waals surface area contributed by atoms with Crippen molar-refractivity contribution in [3.05, 3.63) is 34.5 Å². The van der Waals surface area contributed by atoms with Crippen LogP contribution in [0.5, 0.6) is 5.75 Å². The topological polar surface area (TPSA) is 84.9 Å². The molecule has 24 heavy (non-hydrogen) atoms. The van der Waals surface area contributed by atoms with Crippen LogP contribution in [0, 0.1) is 0 Å². The lowest BCUT2D eigenvalue weighted by Gasteiger charge is -2.29. The summed E-state index contributed by atoms with van der Waals surface area (Å²) in [6.07, 6.45) is -3.87. The number of carbonyl (C=O) groups is 2. The number of anilines is 1. The Morgan fingerprint density at radius 3 is 2.21 bits per heavy atom. The van der Waals surface area contributed by atoms with E-state index in [9.17, 15) is 27.9 Å². The van der Waals surface area contributed by atoms with Crippen molar-refractivity contribution in [1.29, 1.82) is 0 Å². The fourth-order valence-electron chi connectivity index (χ4n) is 1.82. The van der Waals surface area contributed by atoms with Gasteiger partial charge < -0.3 is 19.9 Å². The van der Waals surface area contributed by atoms with E-state index in [0.717, 1.165) is 6.20 Å². The number of phenolic OH excluding ortho intramolecular Hbond substituents is 1. The molecule has 6 nitrogen and oxygen atoms in total. The van der Waals surface area contributed by atoms with E-state index in [-0.39, 0.29) is 5.69 Å². The maximum absolute atomic E-state index is 12.6. The van der Waals surface area contributed by atoms with E-state index in [1.807, 2.05) is 0 Å². The maximum Gasteiger partial charge on any atom is 0.416 e. The highest BCUT2D eigenvalue weighted by molar-refractivity contribution is 6.33. The molecule has 0 bridgehead atoms. The third kappa shape index (κ3) is 3.73. The van der Waals surface area contributed by atoms with Crippen molar-refractivity contribution in [3.63, 3.8) is 0 Å². The molecule has 1 aliphatic heterocycles. The van der Waals surface area contributed by atoms with Gasteiger partial charge in [-0.25, -0.2) is 9.59 Å². The summed E-state index contributed by atoms with van der Waals surface area (Å²) in [7, 11) is 0. The summed E-state index contributed by atoms with van der Waals surface area (Å²) < 4.78 is 47.5. The number of alkyl halides is 3. The lowest BCUT2D eigenvalue weighted by Crippen LogP contribution is -2.42. The van der Waals surface area contributed by atoms with E-state index >= 15 is 0 Å². The van der Waals surface area contributed by atoms with Gasteiger partial charge in [0.15, 0.2) is 5.57 Å². The van der Waals surface area contributed by atoms with Crippen LogP contribution in [0.4, 0.5) is 18.9 Å². The minimum atomic E-state index is -4.69. The number of ether oxygens (including phenoxy) is 2. The molecule has 1 aliphatic rings. The lowest BCUT2D eigenvalue weighted by molar-refractivity contribution is -0.222. The van der Waals surface area contributed by atoms with Crippen molar-refractivity contribution in [2.75, 3.05) is 5.32 Å². The molecule has 1 aromatic carbocycles. The minimum absolute atomic E-state index is 0.317. The average molecular weight is 366 g/mol. The van der Waals surface area contributed by atoms with Crippen LogP contribution in [0.1, 0.15) is 19.4 Å². The first kappa shape index (κ1) is 17.9. The number of cyclic esters (lactones) is 2. The number of aromatic hydroxyl groups is 1. The van der Waals surface area contributed by atoms with Crippen LogP contribution >= 0.6 is 11.6 Å². The van der Waals surface area contributed by atoms with Crippen molar-refractivity contribution in [1.82, 2.24) is 0 Å². The summed E-state index contributed by atoms with van der Waals surface area (Å²) in [5.74, 6) is -4.23. The second kappa shape index (κ2) is 5.90. The average Bonchev–Trinajstić information content (AvgIpc) is 2.37. The number of carbonyl (C=O) groups excluding carboxylic acids is 2. The Morgan fingerprint density at radius 1 is 1.21 bits per heavy atom. The van der Waals surface area contributed by atoms with Gasteiger partial charge >= 0.3 is 18.1 Å². The van der Waals surface area contributed by atoms with Gasteiger partial charge in [0.1, 0.15) is 5.75 Å². The zero-order valence-electron chi connectivity index (χ0n) is 12.3. The molecule has 1 fully saturated rings. The number of benzene rings is 1. The summed E-state index contributed by atoms with van der Waals surface area (Å²) in [5, 5.41) is 11.5. The first-order valence-corrected chi connectivity index (χ1v) is 6.81. The first-order valence-electron chi connectivity index (χ1n) is 6.44. The molecule has 1 saturated heterocycles. The Balaban J connectivity index is 2.29. The number of rotatable bonds is 2. The SMILES string of the molecule is CC1(C)OC(=O)C(=CNc2c(O)cc(C(F)(F)F)cc2Cl)C(=O)O1. The highest BCUT2D eigenvalue weighted by Crippen LogP contribution is 2.39. The molecular formula is C14H11ClF3NO5. The van der Waals surface area contributed by atoms with E-state index in [0.29, 0.717) is 12.1 Å². The zero-order valence-corrected chi connectivity index (χ0v) is 13.1. The summed E-state index contributed by atoms with van der Waals surface area (Å²) >= 11 is 5.69. The van der Waals surface area contributed by atoms with E-state index < -0.39 is 45.8 Å². The fraction of sp³-hybridized carbons (Fsp3) is 0.286. The van der Waals surface area contributed by atoms with Crippen LogP contribution in [0.3, 0.4) is 0 Å². The standard InChI is InChI=1S/C14H11ClF3NO5/c1-13(2)23-11(21)7(12(22)24-13)5-19-10-8(15)3-6(4-9(10)20)14(16,17)18/h3-5,19-20H,1-2H3. The van der Waals surface area contributed by atoms with Gasteiger partial charge in [0.25, 0.3) is 5.79 Å². The molecule has 0 saturated carbocycles. The van der Waals surface area contributed by atoms with Gasteiger partial charge in [-0.15, -0.1) is 0 Å². The van der Waals surface area contributed by atoms with Crippen LogP contribution < -0.4 is 5.32 Å². The van der Waals surface area contributed by atoms with Crippen molar-refractivity contribution in [2.24, 2.45) is 0 Å². The Kier molecular flexibility index (Phi) is 4.40. The molecule has 130 valence electrons. The molecule has 0 spiro atoms. The summed E-state index contributed by atoms with van der Waals surface area (Å²) in [4.78, 5) is 23.4. The summed E-state index contributed by atoms with van der Waals surface area (Å²) in [5.41, 5.74) is -2.01. The van der Waals surface area contributed by atoms with Gasteiger partial charge in [0.2, 0.25) is 0 Å². The number of nitrogens with one attached hydrogen (secondary N) is 1. The summed E-state index contributed by atoms with van der Waals surface area (Å²) in [6.45, 7) is 2.71. The van der Waals surface area contributed by atoms with Gasteiger partial charge in [-0.2, -0.15) is 13.2 Å². The Labute approximate surface area is 138 Å². The van der Waals surface area contributed by atoms with E-state index in [2.05, 4.69) is 5.32 Å². The predicted octanol–water partition coefficient (Wildman–Crippen LogP) is 3.20. The molecule has 2 rings (SSSR count). The van der Waals surface area contributed by atoms with Crippen molar-refractivity contribution in [3.8, 4) is 5.75 Å². The maximum atomic E-state index is 12.6. The Hall–Kier alpha value is -2.42. The monoisotopic (exact) mass is 365 g/mol. The quantitative estimate of drug-likeness (QED) is 0.362. The number of esters is 2. The third-order valence-corrected chi connectivity index (χ3v) is 3.17. The van der Waals surface area contributed by atoms with Gasteiger partial charge in [0.05, 0.1) is 16.3 Å². The number of halogens is 4. The highest BCUT2D eigenvalue weighted by Gasteiger charge is 2.39. The van der Waals surface area contributed by atoms with Crippen LogP contribution in [-0.4, -0.2) is 22.8 Å². The number of hydrogen-bond donors (Lipinski definition) is 2. The van der Waals surface area contributed by atoms with E-state index in [4.69, 9.17) is 21.1 Å². The van der Waals surface area contributed by atoms with Gasteiger partial charge in [-0.1, -0.05) is 11.6 Å². The van der Waals surface area contributed by atoms with E-state index in [1.165, 1.54) is 13.8 Å². The number of hydrogen-bond acceptors (Lipinski definition) is 6. The van der Waals surface area contributed by atoms with Crippen LogP contribution in [0.2, 0.25) is 5.02 Å². The highest BCUT2D eigenvalue weighted by atomic mass is 35.5. The van der Waals surface area contributed by atoms with Gasteiger partial charge in [0, 0.05) is 20.0 Å². The Bertz CT molecular complexity index is 697. The molecule has 0 aliphatic carbocycles.